The van der Waals surface area contributed by atoms with E-state index in [0.29, 0.717) is 6.42 Å². The number of rotatable bonds is 8. The van der Waals surface area contributed by atoms with Crippen LogP contribution in [0, 0.1) is 0 Å². The van der Waals surface area contributed by atoms with Gasteiger partial charge in [0.1, 0.15) is 6.04 Å². The highest BCUT2D eigenvalue weighted by Gasteiger charge is 2.22. The van der Waals surface area contributed by atoms with E-state index in [-0.39, 0.29) is 17.6 Å². The zero-order chi connectivity index (χ0) is 17.4. The van der Waals surface area contributed by atoms with Crippen molar-refractivity contribution in [3.05, 3.63) is 54.0 Å². The van der Waals surface area contributed by atoms with E-state index in [4.69, 9.17) is 4.42 Å². The van der Waals surface area contributed by atoms with E-state index in [1.807, 2.05) is 30.5 Å². The second kappa shape index (κ2) is 9.17. The Balaban J connectivity index is 2.05. The zero-order valence-electron chi connectivity index (χ0n) is 13.9. The largest absolute Gasteiger partial charge is 0.459 e. The van der Waals surface area contributed by atoms with Gasteiger partial charge in [0, 0.05) is 5.69 Å². The molecule has 0 saturated heterocycles. The fourth-order valence-corrected chi connectivity index (χ4v) is 2.71. The summed E-state index contributed by atoms with van der Waals surface area (Å²) in [5.74, 6) is 0.358. The molecule has 1 unspecified atom stereocenters. The smallest absolute Gasteiger partial charge is 0.287 e. The lowest BCUT2D eigenvalue weighted by Crippen LogP contribution is -2.44. The Morgan fingerprint density at radius 1 is 1.25 bits per heavy atom. The molecule has 1 heterocycles. The van der Waals surface area contributed by atoms with Crippen LogP contribution in [0.4, 0.5) is 5.69 Å². The molecule has 2 amide bonds. The van der Waals surface area contributed by atoms with Crippen molar-refractivity contribution in [3.8, 4) is 0 Å². The summed E-state index contributed by atoms with van der Waals surface area (Å²) < 4.78 is 5.08. The molecule has 0 saturated carbocycles. The molecule has 128 valence electrons. The van der Waals surface area contributed by atoms with Crippen molar-refractivity contribution in [1.82, 2.24) is 5.32 Å². The maximum atomic E-state index is 12.6. The number of thioether (sulfide) groups is 1. The molecule has 5 nitrogen and oxygen atoms in total. The summed E-state index contributed by atoms with van der Waals surface area (Å²) in [5, 5.41) is 5.63. The molecular weight excluding hydrogens is 324 g/mol. The van der Waals surface area contributed by atoms with Crippen LogP contribution >= 0.6 is 11.8 Å². The summed E-state index contributed by atoms with van der Waals surface area (Å²) in [7, 11) is 0. The maximum absolute atomic E-state index is 12.6. The van der Waals surface area contributed by atoms with Crippen molar-refractivity contribution < 1.29 is 14.0 Å². The number of amides is 2. The van der Waals surface area contributed by atoms with E-state index in [0.717, 1.165) is 23.4 Å². The molecule has 2 rings (SSSR count). The molecule has 1 aromatic heterocycles. The molecule has 0 bridgehead atoms. The molecular formula is C18H22N2O3S. The molecule has 0 aliphatic carbocycles. The third-order valence-corrected chi connectivity index (χ3v) is 4.22. The highest BCUT2D eigenvalue weighted by atomic mass is 32.2. The number of nitrogens with one attached hydrogen (secondary N) is 2. The monoisotopic (exact) mass is 346 g/mol. The lowest BCUT2D eigenvalue weighted by atomic mass is 10.1. The fourth-order valence-electron chi connectivity index (χ4n) is 2.24. The first-order valence-corrected chi connectivity index (χ1v) is 9.26. The van der Waals surface area contributed by atoms with Crippen molar-refractivity contribution in [2.75, 3.05) is 17.3 Å². The van der Waals surface area contributed by atoms with Crippen molar-refractivity contribution >= 4 is 29.3 Å². The average molecular weight is 346 g/mol. The Hall–Kier alpha value is -2.21. The highest BCUT2D eigenvalue weighted by Crippen LogP contribution is 2.13. The Morgan fingerprint density at radius 2 is 2.08 bits per heavy atom. The summed E-state index contributed by atoms with van der Waals surface area (Å²) >= 11 is 1.63. The lowest BCUT2D eigenvalue weighted by molar-refractivity contribution is -0.118. The minimum absolute atomic E-state index is 0.199. The average Bonchev–Trinajstić information content (AvgIpc) is 3.13. The molecule has 0 aliphatic rings. The van der Waals surface area contributed by atoms with Gasteiger partial charge in [0.25, 0.3) is 5.91 Å². The lowest BCUT2D eigenvalue weighted by Gasteiger charge is -2.18. The summed E-state index contributed by atoms with van der Waals surface area (Å²) in [6, 6.07) is 10.3. The normalized spacial score (nSPS) is 11.8. The molecule has 2 aromatic rings. The number of hydrogen-bond donors (Lipinski definition) is 2. The van der Waals surface area contributed by atoms with Crippen molar-refractivity contribution in [2.24, 2.45) is 0 Å². The van der Waals surface area contributed by atoms with Gasteiger partial charge < -0.3 is 15.1 Å². The summed E-state index contributed by atoms with van der Waals surface area (Å²) in [4.78, 5) is 24.7. The molecule has 1 aromatic carbocycles. The SMILES string of the molecule is CCc1cccc(NC(=O)C(CCSC)NC(=O)c2ccco2)c1. The van der Waals surface area contributed by atoms with E-state index in [1.165, 1.54) is 6.26 Å². The number of anilines is 1. The molecule has 2 N–H and O–H groups in total. The topological polar surface area (TPSA) is 71.3 Å². The predicted molar refractivity (Wildman–Crippen MR) is 97.4 cm³/mol. The standard InChI is InChI=1S/C18H22N2O3S/c1-3-13-6-4-7-14(12-13)19-17(21)15(9-11-24-2)20-18(22)16-8-5-10-23-16/h4-8,10,12,15H,3,9,11H2,1-2H3,(H,19,21)(H,20,22). The Morgan fingerprint density at radius 3 is 2.75 bits per heavy atom. The van der Waals surface area contributed by atoms with Gasteiger partial charge in [0.2, 0.25) is 5.91 Å². The second-order valence-corrected chi connectivity index (χ2v) is 6.31. The minimum atomic E-state index is -0.611. The number of furan rings is 1. The first-order valence-electron chi connectivity index (χ1n) is 7.87. The van der Waals surface area contributed by atoms with Gasteiger partial charge in [-0.1, -0.05) is 19.1 Å². The first-order chi connectivity index (χ1) is 11.6. The van der Waals surface area contributed by atoms with Crippen LogP contribution in [0.1, 0.15) is 29.5 Å². The molecule has 0 spiro atoms. The van der Waals surface area contributed by atoms with E-state index in [2.05, 4.69) is 17.6 Å². The molecule has 0 aliphatic heterocycles. The second-order valence-electron chi connectivity index (χ2n) is 5.33. The Labute approximate surface area is 146 Å². The van der Waals surface area contributed by atoms with Crippen LogP contribution < -0.4 is 10.6 Å². The number of carbonyl (C=O) groups is 2. The maximum Gasteiger partial charge on any atom is 0.287 e. The molecule has 6 heteroatoms. The van der Waals surface area contributed by atoms with Crippen LogP contribution in [-0.4, -0.2) is 29.9 Å². The van der Waals surface area contributed by atoms with E-state index in [1.54, 1.807) is 23.9 Å². The van der Waals surface area contributed by atoms with Gasteiger partial charge in [-0.25, -0.2) is 0 Å². The van der Waals surface area contributed by atoms with Crippen molar-refractivity contribution in [1.29, 1.82) is 0 Å². The van der Waals surface area contributed by atoms with E-state index in [9.17, 15) is 9.59 Å². The van der Waals surface area contributed by atoms with Crippen LogP contribution in [0.15, 0.2) is 47.1 Å². The number of benzene rings is 1. The first kappa shape index (κ1) is 18.1. The van der Waals surface area contributed by atoms with Crippen LogP contribution in [0.25, 0.3) is 0 Å². The van der Waals surface area contributed by atoms with Crippen LogP contribution in [0.3, 0.4) is 0 Å². The fraction of sp³-hybridized carbons (Fsp3) is 0.333. The highest BCUT2D eigenvalue weighted by molar-refractivity contribution is 7.98. The van der Waals surface area contributed by atoms with Gasteiger partial charge in [-0.2, -0.15) is 11.8 Å². The zero-order valence-corrected chi connectivity index (χ0v) is 14.7. The quantitative estimate of drug-likeness (QED) is 0.769. The number of carbonyl (C=O) groups excluding carboxylic acids is 2. The third-order valence-electron chi connectivity index (χ3n) is 3.58. The minimum Gasteiger partial charge on any atom is -0.459 e. The van der Waals surface area contributed by atoms with Gasteiger partial charge in [-0.3, -0.25) is 9.59 Å². The van der Waals surface area contributed by atoms with Gasteiger partial charge in [-0.15, -0.1) is 0 Å². The van der Waals surface area contributed by atoms with Crippen LogP contribution in [0.5, 0.6) is 0 Å². The number of hydrogen-bond acceptors (Lipinski definition) is 4. The van der Waals surface area contributed by atoms with Crippen molar-refractivity contribution in [3.63, 3.8) is 0 Å². The van der Waals surface area contributed by atoms with Gasteiger partial charge in [0.05, 0.1) is 6.26 Å². The summed E-state index contributed by atoms with van der Waals surface area (Å²) in [5.41, 5.74) is 1.88. The molecule has 24 heavy (non-hydrogen) atoms. The van der Waals surface area contributed by atoms with Gasteiger partial charge in [0.15, 0.2) is 5.76 Å². The summed E-state index contributed by atoms with van der Waals surface area (Å²) in [6.45, 7) is 2.06. The van der Waals surface area contributed by atoms with Crippen molar-refractivity contribution in [2.45, 2.75) is 25.8 Å². The molecule has 0 radical (unpaired) electrons. The van der Waals surface area contributed by atoms with Gasteiger partial charge in [-0.05, 0) is 54.7 Å². The molecule has 1 atom stereocenters. The molecule has 0 fully saturated rings. The third kappa shape index (κ3) is 5.16. The summed E-state index contributed by atoms with van der Waals surface area (Å²) in [6.07, 6.45) is 4.85. The van der Waals surface area contributed by atoms with Crippen LogP contribution in [0.2, 0.25) is 0 Å². The van der Waals surface area contributed by atoms with E-state index < -0.39 is 6.04 Å². The Bertz CT molecular complexity index is 671. The van der Waals surface area contributed by atoms with Gasteiger partial charge >= 0.3 is 0 Å². The van der Waals surface area contributed by atoms with Crippen LogP contribution in [-0.2, 0) is 11.2 Å². The number of aryl methyl sites for hydroxylation is 1. The predicted octanol–water partition coefficient (Wildman–Crippen LogP) is 3.33. The Kier molecular flexibility index (Phi) is 6.93. The van der Waals surface area contributed by atoms with E-state index >= 15 is 0 Å².